The Morgan fingerprint density at radius 1 is 1.25 bits per heavy atom. The minimum absolute atomic E-state index is 0.0109. The molecular formula is C23H26BrClN2O4S. The van der Waals surface area contributed by atoms with Crippen molar-refractivity contribution in [3.8, 4) is 5.75 Å². The number of hydrogen-bond donors (Lipinski definition) is 0. The lowest BCUT2D eigenvalue weighted by Crippen LogP contribution is -2.48. The van der Waals surface area contributed by atoms with E-state index in [0.29, 0.717) is 31.7 Å². The van der Waals surface area contributed by atoms with Gasteiger partial charge in [0.05, 0.1) is 22.4 Å². The first-order valence-corrected chi connectivity index (χ1v) is 13.4. The van der Waals surface area contributed by atoms with Gasteiger partial charge in [-0.25, -0.2) is 8.42 Å². The third kappa shape index (κ3) is 4.42. The van der Waals surface area contributed by atoms with Gasteiger partial charge in [0.2, 0.25) is 15.9 Å². The Morgan fingerprint density at radius 2 is 2.03 bits per heavy atom. The number of carbonyl (C=O) groups is 1. The van der Waals surface area contributed by atoms with Crippen molar-refractivity contribution < 1.29 is 17.9 Å². The van der Waals surface area contributed by atoms with Crippen LogP contribution >= 0.6 is 27.5 Å². The molecule has 32 heavy (non-hydrogen) atoms. The van der Waals surface area contributed by atoms with E-state index in [4.69, 9.17) is 16.3 Å². The van der Waals surface area contributed by atoms with Gasteiger partial charge in [-0.2, -0.15) is 4.31 Å². The number of fused-ring (bicyclic) bond motifs is 1. The molecule has 0 bridgehead atoms. The maximum Gasteiger partial charge on any atom is 0.243 e. The Balaban J connectivity index is 1.55. The predicted octanol–water partition coefficient (Wildman–Crippen LogP) is 4.88. The van der Waals surface area contributed by atoms with Crippen molar-refractivity contribution in [2.24, 2.45) is 5.92 Å². The Bertz CT molecular complexity index is 1140. The molecule has 0 N–H and O–H groups in total. The monoisotopic (exact) mass is 540 g/mol. The summed E-state index contributed by atoms with van der Waals surface area (Å²) in [5.74, 6) is 0.0603. The molecule has 4 rings (SSSR count). The lowest BCUT2D eigenvalue weighted by Gasteiger charge is -2.34. The lowest BCUT2D eigenvalue weighted by molar-refractivity contribution is -0.123. The number of nitrogens with zero attached hydrogens (tertiary/aromatic N) is 2. The molecule has 2 heterocycles. The van der Waals surface area contributed by atoms with Crippen LogP contribution < -0.4 is 9.64 Å². The van der Waals surface area contributed by atoms with Gasteiger partial charge < -0.3 is 9.64 Å². The first kappa shape index (κ1) is 23.5. The van der Waals surface area contributed by atoms with Crippen molar-refractivity contribution in [1.82, 2.24) is 4.31 Å². The topological polar surface area (TPSA) is 66.9 Å². The summed E-state index contributed by atoms with van der Waals surface area (Å²) in [5, 5.41) is 0.256. The zero-order valence-corrected chi connectivity index (χ0v) is 21.2. The molecule has 6 nitrogen and oxygen atoms in total. The summed E-state index contributed by atoms with van der Waals surface area (Å²) in [6, 6.07) is 10.5. The van der Waals surface area contributed by atoms with Crippen LogP contribution in [0.25, 0.3) is 0 Å². The molecule has 2 atom stereocenters. The standard InChI is InChI=1S/C23H26BrClN2O4S/c1-3-31-22-9-7-19(13-20(22)25)32(29,30)26-10-4-5-16(14-26)23(28)27-15(2)11-17-12-18(24)6-8-21(17)27/h6-9,12-13,15-16H,3-5,10-11,14H2,1-2H3/t15-,16-/m0/s1. The summed E-state index contributed by atoms with van der Waals surface area (Å²) in [6.07, 6.45) is 2.10. The van der Waals surface area contributed by atoms with E-state index in [9.17, 15) is 13.2 Å². The second-order valence-electron chi connectivity index (χ2n) is 8.26. The molecule has 2 aliphatic heterocycles. The van der Waals surface area contributed by atoms with Crippen LogP contribution in [0.4, 0.5) is 5.69 Å². The molecule has 2 aliphatic rings. The molecule has 2 aromatic rings. The summed E-state index contributed by atoms with van der Waals surface area (Å²) in [5.41, 5.74) is 2.05. The predicted molar refractivity (Wildman–Crippen MR) is 129 cm³/mol. The highest BCUT2D eigenvalue weighted by Crippen LogP contribution is 2.37. The van der Waals surface area contributed by atoms with Gasteiger partial charge in [0.15, 0.2) is 0 Å². The number of benzene rings is 2. The number of ether oxygens (including phenoxy) is 1. The molecular weight excluding hydrogens is 516 g/mol. The molecule has 0 saturated carbocycles. The van der Waals surface area contributed by atoms with Crippen LogP contribution in [0.15, 0.2) is 45.8 Å². The highest BCUT2D eigenvalue weighted by atomic mass is 79.9. The summed E-state index contributed by atoms with van der Waals surface area (Å²) in [6.45, 7) is 4.86. The van der Waals surface area contributed by atoms with Crippen molar-refractivity contribution in [2.45, 2.75) is 44.0 Å². The molecule has 9 heteroatoms. The second-order valence-corrected chi connectivity index (χ2v) is 11.5. The van der Waals surface area contributed by atoms with E-state index < -0.39 is 10.0 Å². The van der Waals surface area contributed by atoms with Crippen molar-refractivity contribution >= 4 is 49.1 Å². The van der Waals surface area contributed by atoms with Gasteiger partial charge >= 0.3 is 0 Å². The maximum atomic E-state index is 13.5. The van der Waals surface area contributed by atoms with Crippen molar-refractivity contribution in [2.75, 3.05) is 24.6 Å². The zero-order valence-electron chi connectivity index (χ0n) is 18.1. The molecule has 1 fully saturated rings. The average Bonchev–Trinajstić information content (AvgIpc) is 3.09. The number of sulfonamides is 1. The summed E-state index contributed by atoms with van der Waals surface area (Å²) >= 11 is 9.72. The van der Waals surface area contributed by atoms with Gasteiger partial charge in [-0.15, -0.1) is 0 Å². The van der Waals surface area contributed by atoms with E-state index >= 15 is 0 Å². The van der Waals surface area contributed by atoms with Gasteiger partial charge in [-0.05, 0) is 75.1 Å². The first-order chi connectivity index (χ1) is 15.2. The number of hydrogen-bond acceptors (Lipinski definition) is 4. The van der Waals surface area contributed by atoms with E-state index in [1.54, 1.807) is 6.07 Å². The lowest BCUT2D eigenvalue weighted by atomic mass is 9.97. The Kier molecular flexibility index (Phi) is 6.86. The van der Waals surface area contributed by atoms with Crippen LogP contribution in [0.1, 0.15) is 32.3 Å². The largest absolute Gasteiger partial charge is 0.492 e. The first-order valence-electron chi connectivity index (χ1n) is 10.8. The Hall–Kier alpha value is -1.61. The summed E-state index contributed by atoms with van der Waals surface area (Å²) < 4.78 is 34.4. The third-order valence-corrected chi connectivity index (χ3v) is 8.72. The molecule has 1 amide bonds. The van der Waals surface area contributed by atoms with Crippen LogP contribution in [-0.4, -0.2) is 44.4 Å². The number of amides is 1. The van der Waals surface area contributed by atoms with Crippen molar-refractivity contribution in [3.63, 3.8) is 0 Å². The van der Waals surface area contributed by atoms with Gasteiger partial charge in [0.25, 0.3) is 0 Å². The molecule has 172 valence electrons. The highest BCUT2D eigenvalue weighted by Gasteiger charge is 2.39. The van der Waals surface area contributed by atoms with Gasteiger partial charge in [0.1, 0.15) is 5.75 Å². The van der Waals surface area contributed by atoms with Gasteiger partial charge in [-0.1, -0.05) is 27.5 Å². The number of carbonyl (C=O) groups excluding carboxylic acids is 1. The number of rotatable bonds is 5. The van der Waals surface area contributed by atoms with E-state index in [2.05, 4.69) is 15.9 Å². The molecule has 0 spiro atoms. The van der Waals surface area contributed by atoms with E-state index in [1.807, 2.05) is 36.9 Å². The number of piperidine rings is 1. The van der Waals surface area contributed by atoms with E-state index in [0.717, 1.165) is 22.1 Å². The number of halogens is 2. The Morgan fingerprint density at radius 3 is 2.75 bits per heavy atom. The molecule has 1 saturated heterocycles. The zero-order chi connectivity index (χ0) is 23.0. The van der Waals surface area contributed by atoms with Crippen LogP contribution in [0.2, 0.25) is 5.02 Å². The molecule has 0 unspecified atom stereocenters. The quantitative estimate of drug-likeness (QED) is 0.541. The van der Waals surface area contributed by atoms with E-state index in [-0.39, 0.29) is 34.3 Å². The normalized spacial score (nSPS) is 21.4. The summed E-state index contributed by atoms with van der Waals surface area (Å²) in [4.78, 5) is 15.5. The molecule has 0 aromatic heterocycles. The van der Waals surface area contributed by atoms with Crippen molar-refractivity contribution in [1.29, 1.82) is 0 Å². The van der Waals surface area contributed by atoms with Crippen LogP contribution in [0, 0.1) is 5.92 Å². The molecule has 2 aromatic carbocycles. The van der Waals surface area contributed by atoms with Crippen molar-refractivity contribution in [3.05, 3.63) is 51.5 Å². The van der Waals surface area contributed by atoms with Crippen LogP contribution in [0.3, 0.4) is 0 Å². The number of anilines is 1. The fraction of sp³-hybridized carbons (Fsp3) is 0.435. The smallest absolute Gasteiger partial charge is 0.243 e. The second kappa shape index (κ2) is 9.33. The molecule has 0 aliphatic carbocycles. The SMILES string of the molecule is CCOc1ccc(S(=O)(=O)N2CCC[C@H](C(=O)N3c4ccc(Br)cc4C[C@@H]3C)C2)cc1Cl. The van der Waals surface area contributed by atoms with E-state index in [1.165, 1.54) is 16.4 Å². The van der Waals surface area contributed by atoms with Crippen LogP contribution in [0.5, 0.6) is 5.75 Å². The van der Waals surface area contributed by atoms with Gasteiger partial charge in [-0.3, -0.25) is 4.79 Å². The fourth-order valence-electron chi connectivity index (χ4n) is 4.56. The van der Waals surface area contributed by atoms with Gasteiger partial charge in [0, 0.05) is 29.3 Å². The minimum atomic E-state index is -3.77. The molecule has 0 radical (unpaired) electrons. The maximum absolute atomic E-state index is 13.5. The highest BCUT2D eigenvalue weighted by molar-refractivity contribution is 9.10. The Labute approximate surface area is 202 Å². The fourth-order valence-corrected chi connectivity index (χ4v) is 6.82. The van der Waals surface area contributed by atoms with Crippen LogP contribution in [-0.2, 0) is 21.2 Å². The summed E-state index contributed by atoms with van der Waals surface area (Å²) in [7, 11) is -3.77. The third-order valence-electron chi connectivity index (χ3n) is 6.07. The minimum Gasteiger partial charge on any atom is -0.492 e. The average molecular weight is 542 g/mol.